The molecular formula is C13H9Cl3F3NO. The lowest BCUT2D eigenvalue weighted by Crippen LogP contribution is -2.23. The summed E-state index contributed by atoms with van der Waals surface area (Å²) in [6, 6.07) is 1.19. The van der Waals surface area contributed by atoms with E-state index < -0.39 is 12.4 Å². The Bertz CT molecular complexity index is 739. The summed E-state index contributed by atoms with van der Waals surface area (Å²) < 4.78 is 40.5. The number of fused-ring (bicyclic) bond motifs is 3. The van der Waals surface area contributed by atoms with Gasteiger partial charge in [-0.1, -0.05) is 34.8 Å². The van der Waals surface area contributed by atoms with E-state index in [0.717, 1.165) is 0 Å². The lowest BCUT2D eigenvalue weighted by molar-refractivity contribution is -0.204. The number of aliphatic hydroxyl groups excluding tert-OH is 1. The summed E-state index contributed by atoms with van der Waals surface area (Å²) in [6.45, 7) is 0. The van der Waals surface area contributed by atoms with Crippen LogP contribution >= 0.6 is 34.8 Å². The molecule has 1 N–H and O–H groups in total. The van der Waals surface area contributed by atoms with Crippen molar-refractivity contribution in [3.05, 3.63) is 32.4 Å². The predicted octanol–water partition coefficient (Wildman–Crippen LogP) is 5.45. The van der Waals surface area contributed by atoms with Crippen LogP contribution in [-0.2, 0) is 12.7 Å². The summed E-state index contributed by atoms with van der Waals surface area (Å²) in [6.07, 6.45) is -4.67. The van der Waals surface area contributed by atoms with Crippen molar-refractivity contribution in [3.63, 3.8) is 0 Å². The van der Waals surface area contributed by atoms with Gasteiger partial charge in [-0.05, 0) is 30.9 Å². The van der Waals surface area contributed by atoms with Gasteiger partial charge in [-0.3, -0.25) is 4.57 Å². The van der Waals surface area contributed by atoms with Gasteiger partial charge in [-0.2, -0.15) is 0 Å². The highest BCUT2D eigenvalue weighted by Gasteiger charge is 2.41. The van der Waals surface area contributed by atoms with E-state index in [4.69, 9.17) is 34.8 Å². The predicted molar refractivity (Wildman–Crippen MR) is 76.2 cm³/mol. The Morgan fingerprint density at radius 3 is 2.48 bits per heavy atom. The minimum absolute atomic E-state index is 0.0319. The Labute approximate surface area is 133 Å². The van der Waals surface area contributed by atoms with Crippen LogP contribution in [0.2, 0.25) is 15.1 Å². The smallest absolute Gasteiger partial charge is 0.387 e. The highest BCUT2D eigenvalue weighted by molar-refractivity contribution is 6.48. The molecule has 1 aromatic heterocycles. The SMILES string of the molecule is OC1CCCc2c1n(C(F)(F)F)c1c(Cl)cc(Cl)c(Cl)c21. The van der Waals surface area contributed by atoms with Gasteiger partial charge >= 0.3 is 6.30 Å². The minimum Gasteiger partial charge on any atom is -0.387 e. The lowest BCUT2D eigenvalue weighted by Gasteiger charge is -2.22. The molecule has 2 aromatic rings. The summed E-state index contributed by atoms with van der Waals surface area (Å²) in [7, 11) is 0. The molecule has 0 saturated heterocycles. The Morgan fingerprint density at radius 1 is 1.19 bits per heavy atom. The quantitative estimate of drug-likeness (QED) is 0.623. The zero-order chi connectivity index (χ0) is 15.5. The average Bonchev–Trinajstić information content (AvgIpc) is 2.73. The van der Waals surface area contributed by atoms with Crippen molar-refractivity contribution in [2.75, 3.05) is 0 Å². The van der Waals surface area contributed by atoms with Crippen molar-refractivity contribution in [1.82, 2.24) is 4.57 Å². The second-order valence-electron chi connectivity index (χ2n) is 4.95. The van der Waals surface area contributed by atoms with Crippen LogP contribution in [0.4, 0.5) is 13.2 Å². The van der Waals surface area contributed by atoms with Crippen molar-refractivity contribution >= 4 is 45.7 Å². The summed E-state index contributed by atoms with van der Waals surface area (Å²) in [5.41, 5.74) is -0.0604. The van der Waals surface area contributed by atoms with Crippen LogP contribution in [0.15, 0.2) is 6.07 Å². The molecule has 0 radical (unpaired) electrons. The fourth-order valence-corrected chi connectivity index (χ4v) is 3.74. The monoisotopic (exact) mass is 357 g/mol. The first-order chi connectivity index (χ1) is 9.73. The number of aliphatic hydroxyl groups is 1. The van der Waals surface area contributed by atoms with E-state index in [1.54, 1.807) is 0 Å². The standard InChI is InChI=1S/C13H9Cl3F3NO/c14-6-4-7(15)12-9(10(6)16)5-2-1-3-8(21)11(5)20(12)13(17,18)19/h4,8,21H,1-3H2. The van der Waals surface area contributed by atoms with Gasteiger partial charge in [0, 0.05) is 5.39 Å². The Morgan fingerprint density at radius 2 is 1.86 bits per heavy atom. The number of benzene rings is 1. The van der Waals surface area contributed by atoms with Crippen molar-refractivity contribution in [2.45, 2.75) is 31.7 Å². The molecule has 0 saturated carbocycles. The van der Waals surface area contributed by atoms with Gasteiger partial charge in [-0.25, -0.2) is 0 Å². The number of rotatable bonds is 0. The summed E-state index contributed by atoms with van der Waals surface area (Å²) in [5.74, 6) is 0. The molecule has 1 atom stereocenters. The maximum atomic E-state index is 13.4. The van der Waals surface area contributed by atoms with E-state index in [2.05, 4.69) is 0 Å². The molecule has 0 amide bonds. The molecule has 1 aliphatic rings. The second-order valence-corrected chi connectivity index (χ2v) is 6.15. The second kappa shape index (κ2) is 4.95. The van der Waals surface area contributed by atoms with E-state index in [1.807, 2.05) is 0 Å². The molecule has 0 aliphatic heterocycles. The average molecular weight is 359 g/mol. The molecule has 1 unspecified atom stereocenters. The fourth-order valence-electron chi connectivity index (χ4n) is 2.94. The molecule has 0 fully saturated rings. The first kappa shape index (κ1) is 15.3. The van der Waals surface area contributed by atoms with Crippen molar-refractivity contribution in [2.24, 2.45) is 0 Å². The highest BCUT2D eigenvalue weighted by atomic mass is 35.5. The Hall–Kier alpha value is -0.620. The van der Waals surface area contributed by atoms with Crippen LogP contribution in [0.3, 0.4) is 0 Å². The number of halogens is 6. The van der Waals surface area contributed by atoms with Crippen molar-refractivity contribution in [1.29, 1.82) is 0 Å². The van der Waals surface area contributed by atoms with Crippen LogP contribution in [0, 0.1) is 0 Å². The first-order valence-electron chi connectivity index (χ1n) is 6.19. The van der Waals surface area contributed by atoms with Crippen molar-refractivity contribution < 1.29 is 18.3 Å². The molecule has 21 heavy (non-hydrogen) atoms. The highest BCUT2D eigenvalue weighted by Crippen LogP contribution is 2.48. The van der Waals surface area contributed by atoms with Gasteiger partial charge < -0.3 is 5.11 Å². The Balaban J connectivity index is 2.55. The largest absolute Gasteiger partial charge is 0.489 e. The van der Waals surface area contributed by atoms with Gasteiger partial charge in [0.15, 0.2) is 0 Å². The number of hydrogen-bond acceptors (Lipinski definition) is 1. The fraction of sp³-hybridized carbons (Fsp3) is 0.385. The van der Waals surface area contributed by atoms with Gasteiger partial charge in [0.05, 0.1) is 32.4 Å². The van der Waals surface area contributed by atoms with Crippen molar-refractivity contribution in [3.8, 4) is 0 Å². The van der Waals surface area contributed by atoms with Crippen LogP contribution in [0.1, 0.15) is 30.2 Å². The number of nitrogens with zero attached hydrogens (tertiary/aromatic N) is 1. The van der Waals surface area contributed by atoms with Crippen LogP contribution in [-0.4, -0.2) is 9.67 Å². The van der Waals surface area contributed by atoms with E-state index in [1.165, 1.54) is 6.07 Å². The summed E-state index contributed by atoms with van der Waals surface area (Å²) in [4.78, 5) is 0. The molecule has 114 valence electrons. The van der Waals surface area contributed by atoms with E-state index >= 15 is 0 Å². The third kappa shape index (κ3) is 2.22. The third-order valence-electron chi connectivity index (χ3n) is 3.69. The van der Waals surface area contributed by atoms with Crippen LogP contribution in [0.5, 0.6) is 0 Å². The maximum Gasteiger partial charge on any atom is 0.489 e. The lowest BCUT2D eigenvalue weighted by atomic mass is 9.93. The van der Waals surface area contributed by atoms with Crippen LogP contribution in [0.25, 0.3) is 10.9 Å². The number of alkyl halides is 3. The normalized spacial score (nSPS) is 19.1. The molecule has 1 aliphatic carbocycles. The molecule has 3 rings (SSSR count). The summed E-state index contributed by atoms with van der Waals surface area (Å²) >= 11 is 18.0. The third-order valence-corrected chi connectivity index (χ3v) is 4.77. The van der Waals surface area contributed by atoms with E-state index in [0.29, 0.717) is 18.4 Å². The first-order valence-corrected chi connectivity index (χ1v) is 7.32. The van der Waals surface area contributed by atoms with Crippen LogP contribution < -0.4 is 0 Å². The number of aryl methyl sites for hydroxylation is 1. The van der Waals surface area contributed by atoms with Gasteiger partial charge in [-0.15, -0.1) is 13.2 Å². The molecule has 8 heteroatoms. The van der Waals surface area contributed by atoms with E-state index in [9.17, 15) is 18.3 Å². The molecule has 0 bridgehead atoms. The zero-order valence-corrected chi connectivity index (χ0v) is 12.7. The molecule has 2 nitrogen and oxygen atoms in total. The minimum atomic E-state index is -4.70. The Kier molecular flexibility index (Phi) is 3.60. The van der Waals surface area contributed by atoms with Gasteiger partial charge in [0.25, 0.3) is 0 Å². The zero-order valence-electron chi connectivity index (χ0n) is 10.4. The summed E-state index contributed by atoms with van der Waals surface area (Å²) in [5, 5.41) is 10.2. The molecule has 1 aromatic carbocycles. The van der Waals surface area contributed by atoms with E-state index in [-0.39, 0.29) is 42.7 Å². The molecule has 0 spiro atoms. The molecule has 1 heterocycles. The molecular weight excluding hydrogens is 350 g/mol. The maximum absolute atomic E-state index is 13.4. The topological polar surface area (TPSA) is 25.2 Å². The van der Waals surface area contributed by atoms with Gasteiger partial charge in [0.2, 0.25) is 0 Å². The van der Waals surface area contributed by atoms with Gasteiger partial charge in [0.1, 0.15) is 0 Å². The number of hydrogen-bond donors (Lipinski definition) is 1. The number of aromatic nitrogens is 1.